The van der Waals surface area contributed by atoms with Crippen molar-refractivity contribution >= 4 is 21.8 Å². The van der Waals surface area contributed by atoms with Gasteiger partial charge in [0.15, 0.2) is 0 Å². The Morgan fingerprint density at radius 1 is 1.50 bits per heavy atom. The molecule has 0 aliphatic carbocycles. The van der Waals surface area contributed by atoms with Gasteiger partial charge in [-0.1, -0.05) is 28.1 Å². The number of amides is 1. The number of nitrogens with one attached hydrogen (secondary N) is 1. The van der Waals surface area contributed by atoms with Gasteiger partial charge in [0.25, 0.3) is 12.5 Å². The monoisotopic (exact) mass is 286 g/mol. The number of carbonyl (C=O) groups is 1. The van der Waals surface area contributed by atoms with E-state index in [1.165, 1.54) is 0 Å². The molecular formula is C10H11BrN2O3. The zero-order valence-electron chi connectivity index (χ0n) is 8.48. The van der Waals surface area contributed by atoms with Gasteiger partial charge in [-0.2, -0.15) is 0 Å². The van der Waals surface area contributed by atoms with Crippen molar-refractivity contribution in [2.75, 3.05) is 13.1 Å². The molecule has 0 heterocycles. The highest BCUT2D eigenvalue weighted by molar-refractivity contribution is 9.10. The summed E-state index contributed by atoms with van der Waals surface area (Å²) < 4.78 is 0.974. The van der Waals surface area contributed by atoms with E-state index in [1.54, 1.807) is 0 Å². The standard InChI is InChI=1S/C10H11BrN2O3/c11-9-3-1-2-8(6-9)4-5-12-10(14)7-13(15)16/h1-3,6H,4-5,7H2,(H,12,14). The largest absolute Gasteiger partial charge is 0.350 e. The fourth-order valence-electron chi connectivity index (χ4n) is 1.21. The van der Waals surface area contributed by atoms with Crippen molar-refractivity contribution < 1.29 is 9.72 Å². The first kappa shape index (κ1) is 12.6. The van der Waals surface area contributed by atoms with Gasteiger partial charge in [-0.15, -0.1) is 0 Å². The first-order valence-corrected chi connectivity index (χ1v) is 5.50. The summed E-state index contributed by atoms with van der Waals surface area (Å²) in [5, 5.41) is 12.5. The minimum absolute atomic E-state index is 0.406. The zero-order valence-corrected chi connectivity index (χ0v) is 10.1. The topological polar surface area (TPSA) is 72.2 Å². The molecule has 0 radical (unpaired) electrons. The number of nitrogens with zero attached hydrogens (tertiary/aromatic N) is 1. The molecule has 86 valence electrons. The fraction of sp³-hybridized carbons (Fsp3) is 0.300. The number of benzene rings is 1. The van der Waals surface area contributed by atoms with Crippen LogP contribution in [0.2, 0.25) is 0 Å². The molecule has 0 fully saturated rings. The lowest BCUT2D eigenvalue weighted by molar-refractivity contribution is -0.467. The van der Waals surface area contributed by atoms with E-state index in [4.69, 9.17) is 0 Å². The first-order valence-electron chi connectivity index (χ1n) is 4.71. The van der Waals surface area contributed by atoms with Gasteiger partial charge in [0.05, 0.1) is 0 Å². The van der Waals surface area contributed by atoms with E-state index in [0.717, 1.165) is 10.0 Å². The third-order valence-electron chi connectivity index (χ3n) is 1.90. The molecule has 1 rings (SSSR count). The molecule has 0 aliphatic rings. The molecule has 0 unspecified atom stereocenters. The maximum atomic E-state index is 10.9. The second-order valence-electron chi connectivity index (χ2n) is 3.22. The van der Waals surface area contributed by atoms with Crippen LogP contribution in [-0.2, 0) is 11.2 Å². The lowest BCUT2D eigenvalue weighted by Crippen LogP contribution is -2.31. The molecule has 0 saturated carbocycles. The summed E-state index contributed by atoms with van der Waals surface area (Å²) in [4.78, 5) is 20.3. The van der Waals surface area contributed by atoms with Crippen molar-refractivity contribution in [2.24, 2.45) is 0 Å². The first-order chi connectivity index (χ1) is 7.58. The van der Waals surface area contributed by atoms with E-state index in [1.807, 2.05) is 24.3 Å². The molecule has 0 saturated heterocycles. The SMILES string of the molecule is O=C(C[N+](=O)[O-])NCCc1cccc(Br)c1. The van der Waals surface area contributed by atoms with E-state index in [0.29, 0.717) is 13.0 Å². The molecule has 0 bridgehead atoms. The van der Waals surface area contributed by atoms with Crippen molar-refractivity contribution in [2.45, 2.75) is 6.42 Å². The smallest absolute Gasteiger partial charge is 0.291 e. The van der Waals surface area contributed by atoms with E-state index in [9.17, 15) is 14.9 Å². The molecule has 0 spiro atoms. The molecule has 0 atom stereocenters. The van der Waals surface area contributed by atoms with Crippen LogP contribution in [0.1, 0.15) is 5.56 Å². The normalized spacial score (nSPS) is 9.81. The maximum absolute atomic E-state index is 10.9. The Morgan fingerprint density at radius 2 is 2.25 bits per heavy atom. The third-order valence-corrected chi connectivity index (χ3v) is 2.39. The quantitative estimate of drug-likeness (QED) is 0.657. The Morgan fingerprint density at radius 3 is 2.88 bits per heavy atom. The van der Waals surface area contributed by atoms with E-state index in [2.05, 4.69) is 21.2 Å². The minimum Gasteiger partial charge on any atom is -0.350 e. The maximum Gasteiger partial charge on any atom is 0.291 e. The van der Waals surface area contributed by atoms with Crippen LogP contribution in [0, 0.1) is 10.1 Å². The van der Waals surface area contributed by atoms with Crippen LogP contribution >= 0.6 is 15.9 Å². The summed E-state index contributed by atoms with van der Waals surface area (Å²) in [6.45, 7) is -0.262. The summed E-state index contributed by atoms with van der Waals surface area (Å²) in [5.74, 6) is -0.556. The van der Waals surface area contributed by atoms with Crippen molar-refractivity contribution in [1.29, 1.82) is 0 Å². The molecule has 5 nitrogen and oxygen atoms in total. The van der Waals surface area contributed by atoms with Gasteiger partial charge in [-0.25, -0.2) is 0 Å². The van der Waals surface area contributed by atoms with Gasteiger partial charge in [0.2, 0.25) is 0 Å². The molecule has 1 aromatic carbocycles. The Hall–Kier alpha value is -1.43. The molecule has 1 aromatic rings. The molecule has 1 amide bonds. The summed E-state index contributed by atoms with van der Waals surface area (Å²) in [6, 6.07) is 7.69. The summed E-state index contributed by atoms with van der Waals surface area (Å²) in [7, 11) is 0. The minimum atomic E-state index is -0.668. The van der Waals surface area contributed by atoms with Gasteiger partial charge in [0, 0.05) is 15.9 Å². The highest BCUT2D eigenvalue weighted by Gasteiger charge is 2.07. The van der Waals surface area contributed by atoms with Gasteiger partial charge >= 0.3 is 0 Å². The number of nitro groups is 1. The molecule has 16 heavy (non-hydrogen) atoms. The van der Waals surface area contributed by atoms with Crippen molar-refractivity contribution in [3.05, 3.63) is 44.4 Å². The zero-order chi connectivity index (χ0) is 12.0. The van der Waals surface area contributed by atoms with Crippen molar-refractivity contribution in [3.63, 3.8) is 0 Å². The number of rotatable bonds is 5. The average molecular weight is 287 g/mol. The van der Waals surface area contributed by atoms with Crippen LogP contribution in [0.4, 0.5) is 0 Å². The Kier molecular flexibility index (Phi) is 4.91. The van der Waals surface area contributed by atoms with Crippen LogP contribution in [0.5, 0.6) is 0 Å². The van der Waals surface area contributed by atoms with Gasteiger partial charge < -0.3 is 5.32 Å². The Balaban J connectivity index is 2.30. The van der Waals surface area contributed by atoms with Crippen molar-refractivity contribution in [3.8, 4) is 0 Å². The van der Waals surface area contributed by atoms with Gasteiger partial charge in [0.1, 0.15) is 0 Å². The number of hydrogen-bond acceptors (Lipinski definition) is 3. The van der Waals surface area contributed by atoms with Crippen molar-refractivity contribution in [1.82, 2.24) is 5.32 Å². The highest BCUT2D eigenvalue weighted by atomic mass is 79.9. The second-order valence-corrected chi connectivity index (χ2v) is 4.14. The number of halogens is 1. The van der Waals surface area contributed by atoms with E-state index >= 15 is 0 Å². The van der Waals surface area contributed by atoms with Crippen LogP contribution in [0.3, 0.4) is 0 Å². The predicted octanol–water partition coefficient (Wildman–Crippen LogP) is 1.38. The molecule has 1 N–H and O–H groups in total. The summed E-state index contributed by atoms with van der Waals surface area (Å²) in [5.41, 5.74) is 1.07. The molecule has 6 heteroatoms. The van der Waals surface area contributed by atoms with Crippen LogP contribution < -0.4 is 5.32 Å². The number of hydrogen-bond donors (Lipinski definition) is 1. The molecular weight excluding hydrogens is 276 g/mol. The van der Waals surface area contributed by atoms with Gasteiger partial charge in [-0.05, 0) is 24.1 Å². The average Bonchev–Trinajstić information content (AvgIpc) is 2.16. The summed E-state index contributed by atoms with van der Waals surface area (Å²) >= 11 is 3.34. The van der Waals surface area contributed by atoms with Crippen LogP contribution in [0.15, 0.2) is 28.7 Å². The van der Waals surface area contributed by atoms with E-state index in [-0.39, 0.29) is 0 Å². The van der Waals surface area contributed by atoms with Crippen LogP contribution in [0.25, 0.3) is 0 Å². The molecule has 0 aromatic heterocycles. The second kappa shape index (κ2) is 6.22. The van der Waals surface area contributed by atoms with E-state index < -0.39 is 17.4 Å². The fourth-order valence-corrected chi connectivity index (χ4v) is 1.66. The van der Waals surface area contributed by atoms with Crippen LogP contribution in [-0.4, -0.2) is 23.9 Å². The summed E-state index contributed by atoms with van der Waals surface area (Å²) in [6.07, 6.45) is 0.656. The lowest BCUT2D eigenvalue weighted by atomic mass is 10.1. The lowest BCUT2D eigenvalue weighted by Gasteiger charge is -2.03. The predicted molar refractivity (Wildman–Crippen MR) is 62.7 cm³/mol. The molecule has 0 aliphatic heterocycles. The Labute approximate surface area is 101 Å². The highest BCUT2D eigenvalue weighted by Crippen LogP contribution is 2.11. The third kappa shape index (κ3) is 4.88. The Bertz CT molecular complexity index is 395. The number of carbonyl (C=O) groups excluding carboxylic acids is 1. The van der Waals surface area contributed by atoms with Gasteiger partial charge in [-0.3, -0.25) is 14.9 Å².